The average Bonchev–Trinajstić information content (AvgIpc) is 2.49. The zero-order chi connectivity index (χ0) is 14.5. The van der Waals surface area contributed by atoms with Crippen LogP contribution in [0.2, 0.25) is 5.02 Å². The van der Waals surface area contributed by atoms with Gasteiger partial charge >= 0.3 is 0 Å². The normalized spacial score (nSPS) is 24.6. The summed E-state index contributed by atoms with van der Waals surface area (Å²) in [6.45, 7) is 2.24. The molecule has 1 saturated heterocycles. The molecule has 1 fully saturated rings. The van der Waals surface area contributed by atoms with Gasteiger partial charge in [0.2, 0.25) is 0 Å². The summed E-state index contributed by atoms with van der Waals surface area (Å²) in [5.41, 5.74) is 0.711. The molecule has 0 aliphatic carbocycles. The van der Waals surface area contributed by atoms with Crippen molar-refractivity contribution in [1.82, 2.24) is 5.32 Å². The predicted molar refractivity (Wildman–Crippen MR) is 90.7 cm³/mol. The first-order chi connectivity index (χ1) is 9.67. The zero-order valence-electron chi connectivity index (χ0n) is 11.9. The van der Waals surface area contributed by atoms with Gasteiger partial charge in [0.25, 0.3) is 0 Å². The number of rotatable bonds is 5. The van der Waals surface area contributed by atoms with Crippen LogP contribution in [0.1, 0.15) is 18.9 Å². The molecule has 0 radical (unpaired) electrons. The highest BCUT2D eigenvalue weighted by molar-refractivity contribution is 8.07. The lowest BCUT2D eigenvalue weighted by molar-refractivity contribution is 0.503. The highest BCUT2D eigenvalue weighted by Gasteiger charge is 2.31. The molecule has 0 bridgehead atoms. The fourth-order valence-electron chi connectivity index (χ4n) is 2.64. The second-order valence-corrected chi connectivity index (χ2v) is 8.01. The van der Waals surface area contributed by atoms with Crippen molar-refractivity contribution in [2.24, 2.45) is 0 Å². The first kappa shape index (κ1) is 16.5. The van der Waals surface area contributed by atoms with Crippen LogP contribution in [0.25, 0.3) is 0 Å². The molecular weight excluding hydrogens is 313 g/mol. The number of benzene rings is 1. The lowest BCUT2D eigenvalue weighted by Crippen LogP contribution is -2.45. The topological polar surface area (TPSA) is 12.0 Å². The van der Waals surface area contributed by atoms with E-state index in [2.05, 4.69) is 24.0 Å². The summed E-state index contributed by atoms with van der Waals surface area (Å²) in [5.74, 6) is 2.14. The molecule has 5 heteroatoms. The van der Waals surface area contributed by atoms with Crippen LogP contribution in [0.4, 0.5) is 4.39 Å². The van der Waals surface area contributed by atoms with Gasteiger partial charge < -0.3 is 5.32 Å². The third kappa shape index (κ3) is 3.85. The molecule has 1 aliphatic heterocycles. The Morgan fingerprint density at radius 1 is 1.40 bits per heavy atom. The molecule has 20 heavy (non-hydrogen) atoms. The molecule has 1 N–H and O–H groups in total. The van der Waals surface area contributed by atoms with Crippen molar-refractivity contribution in [1.29, 1.82) is 0 Å². The molecule has 1 aromatic carbocycles. The van der Waals surface area contributed by atoms with Crippen LogP contribution in [-0.2, 0) is 6.42 Å². The third-order valence-electron chi connectivity index (χ3n) is 3.73. The van der Waals surface area contributed by atoms with E-state index in [-0.39, 0.29) is 16.9 Å². The highest BCUT2D eigenvalue weighted by atomic mass is 35.5. The summed E-state index contributed by atoms with van der Waals surface area (Å²) < 4.78 is 14.1. The van der Waals surface area contributed by atoms with E-state index in [0.717, 1.165) is 0 Å². The summed E-state index contributed by atoms with van der Waals surface area (Å²) in [4.78, 5) is 0. The van der Waals surface area contributed by atoms with Gasteiger partial charge in [0, 0.05) is 28.0 Å². The second kappa shape index (κ2) is 7.92. The van der Waals surface area contributed by atoms with E-state index in [9.17, 15) is 4.39 Å². The Balaban J connectivity index is 2.13. The van der Waals surface area contributed by atoms with Crippen molar-refractivity contribution in [3.63, 3.8) is 0 Å². The van der Waals surface area contributed by atoms with Crippen LogP contribution in [0.15, 0.2) is 18.2 Å². The smallest absolute Gasteiger partial charge is 0.145 e. The quantitative estimate of drug-likeness (QED) is 0.865. The second-order valence-electron chi connectivity index (χ2n) is 4.97. The Hall–Kier alpha value is 0.1000. The molecule has 2 rings (SSSR count). The van der Waals surface area contributed by atoms with Gasteiger partial charge in [-0.25, -0.2) is 4.39 Å². The maximum atomic E-state index is 14.1. The molecule has 0 saturated carbocycles. The van der Waals surface area contributed by atoms with E-state index >= 15 is 0 Å². The maximum Gasteiger partial charge on any atom is 0.145 e. The van der Waals surface area contributed by atoms with E-state index in [1.807, 2.05) is 30.9 Å². The van der Waals surface area contributed by atoms with E-state index in [1.54, 1.807) is 6.07 Å². The molecule has 0 spiro atoms. The minimum absolute atomic E-state index is 0.218. The van der Waals surface area contributed by atoms with Crippen LogP contribution in [0, 0.1) is 5.82 Å². The minimum Gasteiger partial charge on any atom is -0.316 e. The number of thioether (sulfide) groups is 2. The summed E-state index contributed by atoms with van der Waals surface area (Å²) >= 11 is 9.95. The van der Waals surface area contributed by atoms with Crippen molar-refractivity contribution in [2.75, 3.05) is 18.6 Å². The van der Waals surface area contributed by atoms with Crippen LogP contribution in [0.3, 0.4) is 0 Å². The molecule has 1 aliphatic rings. The number of hydrogen-bond donors (Lipinski definition) is 1. The monoisotopic (exact) mass is 333 g/mol. The van der Waals surface area contributed by atoms with Crippen molar-refractivity contribution < 1.29 is 4.39 Å². The fraction of sp³-hybridized carbons (Fsp3) is 0.600. The first-order valence-corrected chi connectivity index (χ1v) is 9.48. The molecule has 1 nitrogen and oxygen atoms in total. The van der Waals surface area contributed by atoms with Gasteiger partial charge in [-0.1, -0.05) is 30.7 Å². The molecular formula is C15H21ClFNS2. The number of likely N-dealkylation sites (N-methyl/N-ethyl adjacent to an activating group) is 1. The van der Waals surface area contributed by atoms with Gasteiger partial charge in [0.1, 0.15) is 5.82 Å². The SMILES string of the molecule is CCC1SCCSC1C(Cc1cccc(Cl)c1F)NC. The van der Waals surface area contributed by atoms with Crippen molar-refractivity contribution >= 4 is 35.1 Å². The van der Waals surface area contributed by atoms with E-state index in [0.29, 0.717) is 22.5 Å². The first-order valence-electron chi connectivity index (χ1n) is 7.00. The summed E-state index contributed by atoms with van der Waals surface area (Å²) in [6, 6.07) is 5.56. The standard InChI is InChI=1S/C15H21ClFNS2/c1-3-13-15(20-8-7-19-13)12(18-2)9-10-5-4-6-11(16)14(10)17/h4-6,12-13,15,18H,3,7-9H2,1-2H3. The molecule has 1 aromatic rings. The summed E-state index contributed by atoms with van der Waals surface area (Å²) in [6.07, 6.45) is 1.86. The predicted octanol–water partition coefficient (Wildman–Crippen LogP) is 4.24. The van der Waals surface area contributed by atoms with Crippen molar-refractivity contribution in [2.45, 2.75) is 36.3 Å². The number of halogens is 2. The maximum absolute atomic E-state index is 14.1. The fourth-order valence-corrected chi connectivity index (χ4v) is 6.13. The van der Waals surface area contributed by atoms with E-state index in [4.69, 9.17) is 11.6 Å². The van der Waals surface area contributed by atoms with Gasteiger partial charge in [-0.15, -0.1) is 0 Å². The Bertz CT molecular complexity index is 444. The Morgan fingerprint density at radius 3 is 2.85 bits per heavy atom. The highest BCUT2D eigenvalue weighted by Crippen LogP contribution is 2.36. The van der Waals surface area contributed by atoms with E-state index < -0.39 is 0 Å². The average molecular weight is 334 g/mol. The van der Waals surface area contributed by atoms with Crippen LogP contribution in [0.5, 0.6) is 0 Å². The number of nitrogens with one attached hydrogen (secondary N) is 1. The van der Waals surface area contributed by atoms with Gasteiger partial charge in [-0.05, 0) is 31.5 Å². The minimum atomic E-state index is -0.268. The Labute approximate surface area is 134 Å². The van der Waals surface area contributed by atoms with Crippen molar-refractivity contribution in [3.05, 3.63) is 34.6 Å². The molecule has 3 unspecified atom stereocenters. The third-order valence-corrected chi connectivity index (χ3v) is 7.43. The van der Waals surface area contributed by atoms with Crippen LogP contribution in [-0.4, -0.2) is 35.1 Å². The molecule has 3 atom stereocenters. The lowest BCUT2D eigenvalue weighted by Gasteiger charge is -2.36. The van der Waals surface area contributed by atoms with Crippen LogP contribution >= 0.6 is 35.1 Å². The van der Waals surface area contributed by atoms with Gasteiger partial charge in [0.05, 0.1) is 5.02 Å². The van der Waals surface area contributed by atoms with Crippen LogP contribution < -0.4 is 5.32 Å². The Kier molecular flexibility index (Phi) is 6.53. The molecule has 112 valence electrons. The summed E-state index contributed by atoms with van der Waals surface area (Å²) in [5, 5.41) is 4.78. The van der Waals surface area contributed by atoms with Gasteiger partial charge in [-0.2, -0.15) is 23.5 Å². The lowest BCUT2D eigenvalue weighted by atomic mass is 10.00. The molecule has 1 heterocycles. The van der Waals surface area contributed by atoms with Gasteiger partial charge in [0.15, 0.2) is 0 Å². The molecule has 0 aromatic heterocycles. The summed E-state index contributed by atoms with van der Waals surface area (Å²) in [7, 11) is 1.97. The Morgan fingerprint density at radius 2 is 2.15 bits per heavy atom. The van der Waals surface area contributed by atoms with Gasteiger partial charge in [-0.3, -0.25) is 0 Å². The van der Waals surface area contributed by atoms with E-state index in [1.165, 1.54) is 17.9 Å². The number of hydrogen-bond acceptors (Lipinski definition) is 3. The molecule has 0 amide bonds. The van der Waals surface area contributed by atoms with Crippen molar-refractivity contribution in [3.8, 4) is 0 Å². The zero-order valence-corrected chi connectivity index (χ0v) is 14.3. The largest absolute Gasteiger partial charge is 0.316 e.